The van der Waals surface area contributed by atoms with Crippen LogP contribution in [0.5, 0.6) is 0 Å². The smallest absolute Gasteiger partial charge is 0.262 e. The van der Waals surface area contributed by atoms with Crippen molar-refractivity contribution in [3.63, 3.8) is 0 Å². The molecule has 1 heterocycles. The van der Waals surface area contributed by atoms with E-state index in [9.17, 15) is 4.79 Å². The Morgan fingerprint density at radius 1 is 0.875 bits per heavy atom. The molecule has 1 aliphatic heterocycles. The maximum Gasteiger partial charge on any atom is 0.262 e. The van der Waals surface area contributed by atoms with Crippen LogP contribution in [0.1, 0.15) is 22.1 Å². The van der Waals surface area contributed by atoms with Gasteiger partial charge < -0.3 is 5.32 Å². The second kappa shape index (κ2) is 6.02. The lowest BCUT2D eigenvalue weighted by atomic mass is 10.0. The molecule has 0 saturated heterocycles. The summed E-state index contributed by atoms with van der Waals surface area (Å²) in [6.07, 6.45) is -0.269. The number of benzene rings is 3. The lowest BCUT2D eigenvalue weighted by Crippen LogP contribution is -2.43. The minimum Gasteiger partial charge on any atom is -0.360 e. The number of anilines is 2. The van der Waals surface area contributed by atoms with Crippen molar-refractivity contribution in [3.8, 4) is 0 Å². The minimum absolute atomic E-state index is 0.0636. The summed E-state index contributed by atoms with van der Waals surface area (Å²) in [5, 5.41) is 4.02. The Balaban J connectivity index is 1.88. The Morgan fingerprint density at radius 2 is 1.54 bits per heavy atom. The van der Waals surface area contributed by atoms with Crippen LogP contribution in [-0.2, 0) is 0 Å². The molecule has 3 nitrogen and oxygen atoms in total. The second-order valence-corrected chi connectivity index (χ2v) is 6.09. The van der Waals surface area contributed by atoms with Crippen LogP contribution >= 0.6 is 11.6 Å². The summed E-state index contributed by atoms with van der Waals surface area (Å²) in [5.74, 6) is -0.0636. The lowest BCUT2D eigenvalue weighted by Gasteiger charge is -2.38. The third-order valence-corrected chi connectivity index (χ3v) is 4.37. The van der Waals surface area contributed by atoms with Gasteiger partial charge in [-0.2, -0.15) is 0 Å². The Morgan fingerprint density at radius 3 is 2.25 bits per heavy atom. The van der Waals surface area contributed by atoms with Gasteiger partial charge in [0.2, 0.25) is 0 Å². The molecule has 1 amide bonds. The number of carbonyl (C=O) groups is 1. The van der Waals surface area contributed by atoms with Gasteiger partial charge in [-0.1, -0.05) is 60.1 Å². The van der Waals surface area contributed by atoms with Crippen LogP contribution < -0.4 is 10.2 Å². The standard InChI is InChI=1S/C20H15ClN2O/c21-15-11-12-18-17(13-15)20(24)23(16-9-5-2-6-10-16)19(22-18)14-7-3-1-4-8-14/h1-13,19,22H. The third-order valence-electron chi connectivity index (χ3n) is 4.13. The Hall–Kier alpha value is -2.78. The van der Waals surface area contributed by atoms with E-state index in [0.717, 1.165) is 16.9 Å². The molecule has 1 atom stereocenters. The van der Waals surface area contributed by atoms with E-state index in [2.05, 4.69) is 5.32 Å². The van der Waals surface area contributed by atoms with Crippen molar-refractivity contribution in [1.29, 1.82) is 0 Å². The van der Waals surface area contributed by atoms with Crippen molar-refractivity contribution in [2.24, 2.45) is 0 Å². The summed E-state index contributed by atoms with van der Waals surface area (Å²) in [6.45, 7) is 0. The zero-order valence-electron chi connectivity index (χ0n) is 12.8. The van der Waals surface area contributed by atoms with Crippen molar-refractivity contribution in [3.05, 3.63) is 95.0 Å². The van der Waals surface area contributed by atoms with Gasteiger partial charge in [-0.15, -0.1) is 0 Å². The van der Waals surface area contributed by atoms with Crippen LogP contribution in [0.4, 0.5) is 11.4 Å². The number of amides is 1. The molecule has 0 aromatic heterocycles. The van der Waals surface area contributed by atoms with Crippen LogP contribution in [0.15, 0.2) is 78.9 Å². The Kier molecular flexibility index (Phi) is 3.71. The molecule has 0 spiro atoms. The lowest BCUT2D eigenvalue weighted by molar-refractivity contribution is 0.0975. The van der Waals surface area contributed by atoms with E-state index in [-0.39, 0.29) is 12.1 Å². The molecule has 0 aliphatic carbocycles. The number of carbonyl (C=O) groups excluding carboxylic acids is 1. The number of para-hydroxylation sites is 1. The van der Waals surface area contributed by atoms with E-state index in [4.69, 9.17) is 11.6 Å². The van der Waals surface area contributed by atoms with E-state index in [1.54, 1.807) is 17.0 Å². The molecule has 1 unspecified atom stereocenters. The zero-order chi connectivity index (χ0) is 16.5. The highest BCUT2D eigenvalue weighted by molar-refractivity contribution is 6.31. The van der Waals surface area contributed by atoms with Crippen LogP contribution in [0, 0.1) is 0 Å². The predicted octanol–water partition coefficient (Wildman–Crippen LogP) is 5.11. The fraction of sp³-hybridized carbons (Fsp3) is 0.0500. The molecular weight excluding hydrogens is 320 g/mol. The quantitative estimate of drug-likeness (QED) is 0.706. The molecule has 3 aromatic rings. The van der Waals surface area contributed by atoms with Crippen LogP contribution in [0.2, 0.25) is 5.02 Å². The maximum absolute atomic E-state index is 13.2. The van der Waals surface area contributed by atoms with E-state index >= 15 is 0 Å². The number of halogens is 1. The summed E-state index contributed by atoms with van der Waals surface area (Å²) in [6, 6.07) is 25.0. The van der Waals surface area contributed by atoms with Crippen LogP contribution in [0.3, 0.4) is 0 Å². The molecule has 24 heavy (non-hydrogen) atoms. The van der Waals surface area contributed by atoms with E-state index in [1.165, 1.54) is 0 Å². The van der Waals surface area contributed by atoms with Gasteiger partial charge in [-0.25, -0.2) is 0 Å². The molecule has 1 N–H and O–H groups in total. The topological polar surface area (TPSA) is 32.3 Å². The molecule has 1 aliphatic rings. The molecule has 0 bridgehead atoms. The number of hydrogen-bond acceptors (Lipinski definition) is 2. The van der Waals surface area contributed by atoms with E-state index < -0.39 is 0 Å². The monoisotopic (exact) mass is 334 g/mol. The molecule has 4 heteroatoms. The maximum atomic E-state index is 13.2. The molecule has 3 aromatic carbocycles. The molecule has 4 rings (SSSR count). The highest BCUT2D eigenvalue weighted by atomic mass is 35.5. The summed E-state index contributed by atoms with van der Waals surface area (Å²) >= 11 is 6.09. The Bertz CT molecular complexity index is 881. The number of hydrogen-bond donors (Lipinski definition) is 1. The first-order valence-electron chi connectivity index (χ1n) is 7.74. The third kappa shape index (κ3) is 2.53. The fourth-order valence-corrected chi connectivity index (χ4v) is 3.17. The fourth-order valence-electron chi connectivity index (χ4n) is 3.00. The van der Waals surface area contributed by atoms with Crippen LogP contribution in [0.25, 0.3) is 0 Å². The van der Waals surface area contributed by atoms with Crippen LogP contribution in [-0.4, -0.2) is 5.91 Å². The summed E-state index contributed by atoms with van der Waals surface area (Å²) in [4.78, 5) is 15.0. The van der Waals surface area contributed by atoms with Crippen molar-refractivity contribution in [2.45, 2.75) is 6.17 Å². The van der Waals surface area contributed by atoms with Crippen molar-refractivity contribution >= 4 is 28.9 Å². The van der Waals surface area contributed by atoms with Gasteiger partial charge >= 0.3 is 0 Å². The molecule has 0 radical (unpaired) electrons. The minimum atomic E-state index is -0.269. The highest BCUT2D eigenvalue weighted by Crippen LogP contribution is 2.37. The van der Waals surface area contributed by atoms with Gasteiger partial charge in [0.1, 0.15) is 6.17 Å². The SMILES string of the molecule is O=C1c2cc(Cl)ccc2NC(c2ccccc2)N1c1ccccc1. The second-order valence-electron chi connectivity index (χ2n) is 5.66. The van der Waals surface area contributed by atoms with Gasteiger partial charge in [-0.05, 0) is 35.9 Å². The average Bonchev–Trinajstić information content (AvgIpc) is 2.63. The largest absolute Gasteiger partial charge is 0.360 e. The number of nitrogens with one attached hydrogen (secondary N) is 1. The summed E-state index contributed by atoms with van der Waals surface area (Å²) < 4.78 is 0. The molecular formula is C20H15ClN2O. The summed E-state index contributed by atoms with van der Waals surface area (Å²) in [7, 11) is 0. The number of fused-ring (bicyclic) bond motifs is 1. The number of nitrogens with zero attached hydrogens (tertiary/aromatic N) is 1. The van der Waals surface area contributed by atoms with Crippen molar-refractivity contribution < 1.29 is 4.79 Å². The molecule has 0 saturated carbocycles. The van der Waals surface area contributed by atoms with Crippen molar-refractivity contribution in [2.75, 3.05) is 10.2 Å². The molecule has 118 valence electrons. The molecule has 0 fully saturated rings. The van der Waals surface area contributed by atoms with Gasteiger partial charge in [0, 0.05) is 16.4 Å². The van der Waals surface area contributed by atoms with E-state index in [1.807, 2.05) is 66.7 Å². The number of rotatable bonds is 2. The predicted molar refractivity (Wildman–Crippen MR) is 97.5 cm³/mol. The van der Waals surface area contributed by atoms with Crippen molar-refractivity contribution in [1.82, 2.24) is 0 Å². The normalized spacial score (nSPS) is 16.5. The highest BCUT2D eigenvalue weighted by Gasteiger charge is 2.34. The van der Waals surface area contributed by atoms with Gasteiger partial charge in [0.05, 0.1) is 5.56 Å². The van der Waals surface area contributed by atoms with Gasteiger partial charge in [0.15, 0.2) is 0 Å². The summed E-state index contributed by atoms with van der Waals surface area (Å²) in [5.41, 5.74) is 3.24. The Labute approximate surface area is 145 Å². The zero-order valence-corrected chi connectivity index (χ0v) is 13.6. The van der Waals surface area contributed by atoms with E-state index in [0.29, 0.717) is 10.6 Å². The van der Waals surface area contributed by atoms with Gasteiger partial charge in [0.25, 0.3) is 5.91 Å². The first kappa shape index (κ1) is 14.8. The van der Waals surface area contributed by atoms with Gasteiger partial charge in [-0.3, -0.25) is 9.69 Å². The first-order chi connectivity index (χ1) is 11.7. The first-order valence-corrected chi connectivity index (χ1v) is 8.11. The average molecular weight is 335 g/mol.